The molecule has 0 spiro atoms. The Hall–Kier alpha value is -2.71. The van der Waals surface area contributed by atoms with E-state index in [4.69, 9.17) is 9.26 Å². The van der Waals surface area contributed by atoms with Gasteiger partial charge in [-0.3, -0.25) is 9.69 Å². The number of nitrogens with one attached hydrogen (secondary N) is 1. The molecular formula is C21H24N4O3S. The van der Waals surface area contributed by atoms with Gasteiger partial charge in [-0.05, 0) is 36.9 Å². The second kappa shape index (κ2) is 9.19. The number of hydrogen-bond acceptors (Lipinski definition) is 7. The molecule has 1 aromatic carbocycles. The predicted molar refractivity (Wildman–Crippen MR) is 110 cm³/mol. The predicted octanol–water partition coefficient (Wildman–Crippen LogP) is 3.34. The number of hydrogen-bond donors (Lipinski definition) is 1. The molecule has 0 aliphatic carbocycles. The fourth-order valence-corrected chi connectivity index (χ4v) is 4.25. The number of carbonyl (C=O) groups is 1. The van der Waals surface area contributed by atoms with Gasteiger partial charge < -0.3 is 14.6 Å². The van der Waals surface area contributed by atoms with Gasteiger partial charge in [0, 0.05) is 18.7 Å². The average molecular weight is 413 g/mol. The Labute approximate surface area is 173 Å². The van der Waals surface area contributed by atoms with E-state index in [1.807, 2.05) is 41.8 Å². The van der Waals surface area contributed by atoms with E-state index >= 15 is 0 Å². The standard InChI is InChI=1S/C21H24N4O3S/c1-27-17-8-3-2-6-15(17)12-22-21(26)16-7-4-10-25(13-16)14-19-23-20(24-28-19)18-9-5-11-29-18/h2-3,5-6,8-9,11,16H,4,7,10,12-14H2,1H3,(H,22,26). The van der Waals surface area contributed by atoms with Crippen LogP contribution in [-0.2, 0) is 17.9 Å². The maximum absolute atomic E-state index is 12.7. The molecule has 1 aliphatic heterocycles. The highest BCUT2D eigenvalue weighted by Gasteiger charge is 2.27. The van der Waals surface area contributed by atoms with Gasteiger partial charge in [-0.25, -0.2) is 0 Å². The zero-order valence-corrected chi connectivity index (χ0v) is 17.2. The van der Waals surface area contributed by atoms with Crippen molar-refractivity contribution in [3.8, 4) is 16.5 Å². The first kappa shape index (κ1) is 19.6. The van der Waals surface area contributed by atoms with E-state index < -0.39 is 0 Å². The fourth-order valence-electron chi connectivity index (χ4n) is 3.61. The summed E-state index contributed by atoms with van der Waals surface area (Å²) in [5.41, 5.74) is 0.975. The second-order valence-corrected chi connectivity index (χ2v) is 8.04. The summed E-state index contributed by atoms with van der Waals surface area (Å²) in [6.07, 6.45) is 1.86. The summed E-state index contributed by atoms with van der Waals surface area (Å²) in [4.78, 5) is 20.4. The van der Waals surface area contributed by atoms with Crippen LogP contribution in [0.25, 0.3) is 10.7 Å². The molecule has 1 N–H and O–H groups in total. The van der Waals surface area contributed by atoms with Crippen LogP contribution in [0.1, 0.15) is 24.3 Å². The molecule has 152 valence electrons. The summed E-state index contributed by atoms with van der Waals surface area (Å²) in [7, 11) is 1.64. The number of amides is 1. The van der Waals surface area contributed by atoms with Gasteiger partial charge in [-0.2, -0.15) is 4.98 Å². The van der Waals surface area contributed by atoms with Crippen LogP contribution in [0.2, 0.25) is 0 Å². The van der Waals surface area contributed by atoms with E-state index in [1.165, 1.54) is 0 Å². The second-order valence-electron chi connectivity index (χ2n) is 7.09. The van der Waals surface area contributed by atoms with Crippen LogP contribution < -0.4 is 10.1 Å². The molecule has 1 amide bonds. The quantitative estimate of drug-likeness (QED) is 0.641. The minimum Gasteiger partial charge on any atom is -0.496 e. The summed E-state index contributed by atoms with van der Waals surface area (Å²) in [6.45, 7) is 2.64. The van der Waals surface area contributed by atoms with Crippen LogP contribution in [-0.4, -0.2) is 41.1 Å². The Morgan fingerprint density at radius 2 is 2.24 bits per heavy atom. The summed E-state index contributed by atoms with van der Waals surface area (Å²) >= 11 is 1.59. The average Bonchev–Trinajstić information content (AvgIpc) is 3.44. The number of para-hydroxylation sites is 1. The number of thiophene rings is 1. The van der Waals surface area contributed by atoms with E-state index in [9.17, 15) is 4.79 Å². The number of piperidine rings is 1. The molecule has 1 unspecified atom stereocenters. The number of rotatable bonds is 7. The van der Waals surface area contributed by atoms with Crippen LogP contribution in [0, 0.1) is 5.92 Å². The fraction of sp³-hybridized carbons (Fsp3) is 0.381. The van der Waals surface area contributed by atoms with Crippen LogP contribution in [0.3, 0.4) is 0 Å². The van der Waals surface area contributed by atoms with E-state index in [0.717, 1.165) is 35.6 Å². The SMILES string of the molecule is COc1ccccc1CNC(=O)C1CCCN(Cc2nc(-c3cccs3)no2)C1. The van der Waals surface area contributed by atoms with Crippen molar-refractivity contribution in [1.29, 1.82) is 0 Å². The topological polar surface area (TPSA) is 80.5 Å². The first-order chi connectivity index (χ1) is 14.2. The molecule has 0 bridgehead atoms. The number of methoxy groups -OCH3 is 1. The van der Waals surface area contributed by atoms with Gasteiger partial charge in [0.2, 0.25) is 17.6 Å². The molecule has 4 rings (SSSR count). The highest BCUT2D eigenvalue weighted by Crippen LogP contribution is 2.23. The van der Waals surface area contributed by atoms with Gasteiger partial charge in [0.15, 0.2) is 0 Å². The number of benzene rings is 1. The van der Waals surface area contributed by atoms with E-state index in [0.29, 0.717) is 31.3 Å². The lowest BCUT2D eigenvalue weighted by Crippen LogP contribution is -2.42. The van der Waals surface area contributed by atoms with Gasteiger partial charge in [-0.1, -0.05) is 29.4 Å². The van der Waals surface area contributed by atoms with Crippen molar-refractivity contribution in [2.75, 3.05) is 20.2 Å². The zero-order valence-electron chi connectivity index (χ0n) is 16.3. The highest BCUT2D eigenvalue weighted by atomic mass is 32.1. The molecule has 29 heavy (non-hydrogen) atoms. The number of likely N-dealkylation sites (tertiary alicyclic amines) is 1. The summed E-state index contributed by atoms with van der Waals surface area (Å²) in [5, 5.41) is 9.11. The molecule has 1 atom stereocenters. The molecule has 1 aliphatic rings. The highest BCUT2D eigenvalue weighted by molar-refractivity contribution is 7.13. The molecule has 3 heterocycles. The third-order valence-corrected chi connectivity index (χ3v) is 5.96. The number of aromatic nitrogens is 2. The van der Waals surface area contributed by atoms with Crippen LogP contribution in [0.15, 0.2) is 46.3 Å². The van der Waals surface area contributed by atoms with Gasteiger partial charge in [-0.15, -0.1) is 11.3 Å². The first-order valence-electron chi connectivity index (χ1n) is 9.71. The third kappa shape index (κ3) is 4.83. The Bertz CT molecular complexity index is 941. The van der Waals surface area contributed by atoms with Gasteiger partial charge in [0.05, 0.1) is 24.4 Å². The lowest BCUT2D eigenvalue weighted by Gasteiger charge is -2.30. The van der Waals surface area contributed by atoms with Crippen molar-refractivity contribution >= 4 is 17.2 Å². The smallest absolute Gasteiger partial charge is 0.241 e. The minimum atomic E-state index is -0.0434. The molecule has 1 fully saturated rings. The lowest BCUT2D eigenvalue weighted by molar-refractivity contribution is -0.127. The molecule has 0 radical (unpaired) electrons. The summed E-state index contributed by atoms with van der Waals surface area (Å²) < 4.78 is 10.8. The molecular weight excluding hydrogens is 388 g/mol. The van der Waals surface area contributed by atoms with Crippen molar-refractivity contribution in [1.82, 2.24) is 20.4 Å². The number of nitrogens with zero attached hydrogens (tertiary/aromatic N) is 3. The zero-order chi connectivity index (χ0) is 20.1. The van der Waals surface area contributed by atoms with E-state index in [1.54, 1.807) is 18.4 Å². The first-order valence-corrected chi connectivity index (χ1v) is 10.6. The Kier molecular flexibility index (Phi) is 6.21. The summed E-state index contributed by atoms with van der Waals surface area (Å²) in [5.74, 6) is 2.03. The largest absolute Gasteiger partial charge is 0.496 e. The maximum atomic E-state index is 12.7. The van der Waals surface area contributed by atoms with Gasteiger partial charge in [0.25, 0.3) is 0 Å². The normalized spacial score (nSPS) is 17.2. The van der Waals surface area contributed by atoms with Gasteiger partial charge in [0.1, 0.15) is 5.75 Å². The molecule has 7 nitrogen and oxygen atoms in total. The monoisotopic (exact) mass is 412 g/mol. The molecule has 1 saturated heterocycles. The third-order valence-electron chi connectivity index (χ3n) is 5.09. The Morgan fingerprint density at radius 3 is 3.07 bits per heavy atom. The summed E-state index contributed by atoms with van der Waals surface area (Å²) in [6, 6.07) is 11.7. The van der Waals surface area contributed by atoms with Crippen LogP contribution >= 0.6 is 11.3 Å². The maximum Gasteiger partial charge on any atom is 0.241 e. The van der Waals surface area contributed by atoms with Crippen molar-refractivity contribution in [3.63, 3.8) is 0 Å². The van der Waals surface area contributed by atoms with E-state index in [2.05, 4.69) is 20.4 Å². The molecule has 8 heteroatoms. The Morgan fingerprint density at radius 1 is 1.34 bits per heavy atom. The van der Waals surface area contributed by atoms with Crippen LogP contribution in [0.4, 0.5) is 0 Å². The molecule has 3 aromatic rings. The minimum absolute atomic E-state index is 0.0434. The van der Waals surface area contributed by atoms with E-state index in [-0.39, 0.29) is 11.8 Å². The van der Waals surface area contributed by atoms with Crippen molar-refractivity contribution < 1.29 is 14.1 Å². The molecule has 2 aromatic heterocycles. The molecule has 0 saturated carbocycles. The van der Waals surface area contributed by atoms with Crippen molar-refractivity contribution in [2.24, 2.45) is 5.92 Å². The van der Waals surface area contributed by atoms with Gasteiger partial charge >= 0.3 is 0 Å². The number of ether oxygens (including phenoxy) is 1. The Balaban J connectivity index is 1.31. The number of carbonyl (C=O) groups excluding carboxylic acids is 1. The lowest BCUT2D eigenvalue weighted by atomic mass is 9.97. The van der Waals surface area contributed by atoms with Crippen LogP contribution in [0.5, 0.6) is 5.75 Å². The van der Waals surface area contributed by atoms with Crippen molar-refractivity contribution in [3.05, 3.63) is 53.2 Å². The van der Waals surface area contributed by atoms with Crippen molar-refractivity contribution in [2.45, 2.75) is 25.9 Å².